The second-order valence-corrected chi connectivity index (χ2v) is 8.44. The summed E-state index contributed by atoms with van der Waals surface area (Å²) in [5, 5.41) is 17.0. The number of aliphatic hydroxyl groups excluding tert-OH is 1. The Labute approximate surface area is 180 Å². The van der Waals surface area contributed by atoms with Crippen molar-refractivity contribution >= 4 is 34.0 Å². The van der Waals surface area contributed by atoms with Crippen LogP contribution in [0.2, 0.25) is 0 Å². The van der Waals surface area contributed by atoms with E-state index in [1.54, 1.807) is 6.20 Å². The van der Waals surface area contributed by atoms with Gasteiger partial charge in [0, 0.05) is 42.4 Å². The molecule has 3 aromatic heterocycles. The van der Waals surface area contributed by atoms with Crippen molar-refractivity contribution in [3.63, 3.8) is 0 Å². The lowest BCUT2D eigenvalue weighted by Crippen LogP contribution is -2.16. The highest BCUT2D eigenvalue weighted by atomic mass is 16.3. The van der Waals surface area contributed by atoms with Crippen LogP contribution in [0.15, 0.2) is 24.5 Å². The van der Waals surface area contributed by atoms with Gasteiger partial charge in [-0.15, -0.1) is 0 Å². The van der Waals surface area contributed by atoms with Crippen molar-refractivity contribution in [2.45, 2.75) is 32.6 Å². The van der Waals surface area contributed by atoms with Gasteiger partial charge in [-0.2, -0.15) is 0 Å². The highest BCUT2D eigenvalue weighted by Gasteiger charge is 2.42. The smallest absolute Gasteiger partial charge is 0.228 e. The van der Waals surface area contributed by atoms with E-state index in [0.717, 1.165) is 64.8 Å². The number of hydrogen-bond donors (Lipinski definition) is 4. The fourth-order valence-electron chi connectivity index (χ4n) is 4.46. The maximum Gasteiger partial charge on any atom is 0.228 e. The summed E-state index contributed by atoms with van der Waals surface area (Å²) in [6.07, 6.45) is 7.06. The second-order valence-electron chi connectivity index (χ2n) is 8.44. The van der Waals surface area contributed by atoms with E-state index in [9.17, 15) is 4.79 Å². The summed E-state index contributed by atoms with van der Waals surface area (Å²) in [6, 6.07) is 3.80. The van der Waals surface area contributed by atoms with Gasteiger partial charge in [0.15, 0.2) is 0 Å². The molecule has 0 radical (unpaired) electrons. The van der Waals surface area contributed by atoms with E-state index < -0.39 is 0 Å². The van der Waals surface area contributed by atoms with Crippen LogP contribution in [-0.4, -0.2) is 39.1 Å². The molecular formula is C23H26N6O2. The number of rotatable bonds is 5. The van der Waals surface area contributed by atoms with Gasteiger partial charge in [-0.1, -0.05) is 0 Å². The number of nitrogen functional groups attached to an aromatic ring is 1. The molecule has 1 amide bonds. The van der Waals surface area contributed by atoms with Gasteiger partial charge in [-0.25, -0.2) is 9.97 Å². The van der Waals surface area contributed by atoms with Crippen LogP contribution in [0.25, 0.3) is 22.0 Å². The number of fused-ring (bicyclic) bond motifs is 2. The average Bonchev–Trinajstić information content (AvgIpc) is 3.54. The van der Waals surface area contributed by atoms with E-state index in [4.69, 9.17) is 10.8 Å². The molecule has 8 nitrogen and oxygen atoms in total. The molecule has 0 saturated heterocycles. The Hall–Kier alpha value is -3.26. The van der Waals surface area contributed by atoms with Crippen molar-refractivity contribution in [3.8, 4) is 11.3 Å². The van der Waals surface area contributed by atoms with E-state index in [1.165, 1.54) is 0 Å². The lowest BCUT2D eigenvalue weighted by Gasteiger charge is -2.21. The number of nitrogens with zero attached hydrogens (tertiary/aromatic N) is 3. The van der Waals surface area contributed by atoms with Crippen molar-refractivity contribution in [2.24, 2.45) is 11.8 Å². The van der Waals surface area contributed by atoms with Crippen molar-refractivity contribution in [2.75, 3.05) is 29.5 Å². The first-order valence-corrected chi connectivity index (χ1v) is 10.8. The molecule has 0 bridgehead atoms. The summed E-state index contributed by atoms with van der Waals surface area (Å²) in [7, 11) is 0. The topological polar surface area (TPSA) is 126 Å². The summed E-state index contributed by atoms with van der Waals surface area (Å²) in [4.78, 5) is 26.0. The van der Waals surface area contributed by atoms with Crippen LogP contribution in [0.5, 0.6) is 0 Å². The number of hydrogen-bond acceptors (Lipinski definition) is 7. The molecule has 2 aliphatic rings. The first-order chi connectivity index (χ1) is 15.0. The molecule has 2 atom stereocenters. The molecule has 1 fully saturated rings. The number of nitrogens with one attached hydrogen (secondary N) is 2. The quantitative estimate of drug-likeness (QED) is 0.502. The molecule has 0 aromatic carbocycles. The highest BCUT2D eigenvalue weighted by molar-refractivity contribution is 5.98. The molecule has 8 heteroatoms. The number of aryl methyl sites for hydroxylation is 1. The minimum Gasteiger partial charge on any atom is -0.396 e. The maximum atomic E-state index is 12.4. The predicted octanol–water partition coefficient (Wildman–Crippen LogP) is 2.90. The zero-order chi connectivity index (χ0) is 21.5. The third-order valence-corrected chi connectivity index (χ3v) is 6.34. The second kappa shape index (κ2) is 7.77. The molecule has 5 N–H and O–H groups in total. The van der Waals surface area contributed by atoms with Crippen molar-refractivity contribution < 1.29 is 9.90 Å². The molecule has 0 spiro atoms. The van der Waals surface area contributed by atoms with Gasteiger partial charge in [0.2, 0.25) is 5.91 Å². The summed E-state index contributed by atoms with van der Waals surface area (Å²) in [6.45, 7) is 3.14. The van der Waals surface area contributed by atoms with E-state index in [-0.39, 0.29) is 24.3 Å². The molecule has 1 aliphatic carbocycles. The number of pyridine rings is 3. The summed E-state index contributed by atoms with van der Waals surface area (Å²) < 4.78 is 0. The first kappa shape index (κ1) is 19.7. The standard InChI is InChI=1S/C23H26N6O2/c1-12-16(10-26-18-3-2-5-25-21(12)18)19-8-14-9-20(27-11-17(14)22(24)28-19)29-23(31)15-7-13(15)4-6-30/h8-11,13,15,25,30H,2-7H2,1H3,(H2,24,28)(H,27,29,31)/t13-,15+/m1/s1. The molecule has 5 rings (SSSR count). The third-order valence-electron chi connectivity index (χ3n) is 6.34. The zero-order valence-electron chi connectivity index (χ0n) is 17.5. The Kier molecular flexibility index (Phi) is 4.94. The van der Waals surface area contributed by atoms with E-state index in [0.29, 0.717) is 18.1 Å². The fraction of sp³-hybridized carbons (Fsp3) is 0.391. The summed E-state index contributed by atoms with van der Waals surface area (Å²) >= 11 is 0. The van der Waals surface area contributed by atoms with Crippen LogP contribution < -0.4 is 16.4 Å². The van der Waals surface area contributed by atoms with E-state index in [2.05, 4.69) is 32.5 Å². The first-order valence-electron chi connectivity index (χ1n) is 10.8. The van der Waals surface area contributed by atoms with Crippen LogP contribution in [-0.2, 0) is 11.2 Å². The summed E-state index contributed by atoms with van der Waals surface area (Å²) in [5.74, 6) is 1.07. The largest absolute Gasteiger partial charge is 0.396 e. The van der Waals surface area contributed by atoms with Gasteiger partial charge < -0.3 is 21.5 Å². The number of aromatic nitrogens is 3. The molecule has 31 heavy (non-hydrogen) atoms. The Balaban J connectivity index is 1.46. The Bertz CT molecular complexity index is 1180. The minimum atomic E-state index is -0.0478. The Morgan fingerprint density at radius 2 is 2.19 bits per heavy atom. The van der Waals surface area contributed by atoms with Crippen LogP contribution in [0.4, 0.5) is 17.3 Å². The molecule has 1 saturated carbocycles. The number of carbonyl (C=O) groups excluding carboxylic acids is 1. The van der Waals surface area contributed by atoms with Gasteiger partial charge >= 0.3 is 0 Å². The van der Waals surface area contributed by atoms with Crippen LogP contribution in [0.3, 0.4) is 0 Å². The lowest BCUT2D eigenvalue weighted by atomic mass is 9.99. The van der Waals surface area contributed by atoms with E-state index in [1.807, 2.05) is 18.3 Å². The molecule has 0 unspecified atom stereocenters. The van der Waals surface area contributed by atoms with Crippen LogP contribution in [0.1, 0.15) is 30.5 Å². The predicted molar refractivity (Wildman–Crippen MR) is 121 cm³/mol. The highest BCUT2D eigenvalue weighted by Crippen LogP contribution is 2.41. The van der Waals surface area contributed by atoms with Gasteiger partial charge in [0.05, 0.1) is 17.1 Å². The van der Waals surface area contributed by atoms with Gasteiger partial charge in [-0.05, 0) is 61.6 Å². The molecule has 3 aromatic rings. The molecule has 1 aliphatic heterocycles. The van der Waals surface area contributed by atoms with Crippen molar-refractivity contribution in [1.29, 1.82) is 0 Å². The van der Waals surface area contributed by atoms with E-state index >= 15 is 0 Å². The SMILES string of the molecule is Cc1c(-c2cc3cc(NC(=O)[C@H]4C[C@H]4CCO)ncc3c(N)n2)cnc2c1NCCC2. The van der Waals surface area contributed by atoms with Gasteiger partial charge in [0.25, 0.3) is 0 Å². The monoisotopic (exact) mass is 418 g/mol. The van der Waals surface area contributed by atoms with Crippen molar-refractivity contribution in [3.05, 3.63) is 35.8 Å². The fourth-order valence-corrected chi connectivity index (χ4v) is 4.46. The van der Waals surface area contributed by atoms with Crippen LogP contribution in [0, 0.1) is 18.8 Å². The minimum absolute atomic E-state index is 0.0422. The van der Waals surface area contributed by atoms with Crippen LogP contribution >= 0.6 is 0 Å². The number of anilines is 3. The average molecular weight is 419 g/mol. The molecule has 160 valence electrons. The normalized spacial score (nSPS) is 19.5. The number of nitrogens with two attached hydrogens (primary N) is 1. The number of carbonyl (C=O) groups is 1. The zero-order valence-corrected chi connectivity index (χ0v) is 17.5. The van der Waals surface area contributed by atoms with Gasteiger partial charge in [0.1, 0.15) is 11.6 Å². The van der Waals surface area contributed by atoms with Gasteiger partial charge in [-0.3, -0.25) is 9.78 Å². The number of amides is 1. The molecular weight excluding hydrogens is 392 g/mol. The Morgan fingerprint density at radius 1 is 1.32 bits per heavy atom. The summed E-state index contributed by atoms with van der Waals surface area (Å²) in [5.41, 5.74) is 11.2. The van der Waals surface area contributed by atoms with Crippen molar-refractivity contribution in [1.82, 2.24) is 15.0 Å². The molecule has 4 heterocycles. The maximum absolute atomic E-state index is 12.4. The lowest BCUT2D eigenvalue weighted by molar-refractivity contribution is -0.117. The number of aliphatic hydroxyl groups is 1. The Morgan fingerprint density at radius 3 is 3.03 bits per heavy atom. The third kappa shape index (κ3) is 3.67.